The third kappa shape index (κ3) is 4.21. The van der Waals surface area contributed by atoms with Crippen LogP contribution in [-0.2, 0) is 17.8 Å². The van der Waals surface area contributed by atoms with Crippen molar-refractivity contribution in [1.29, 1.82) is 0 Å². The molecule has 0 spiro atoms. The van der Waals surface area contributed by atoms with Gasteiger partial charge in [0.15, 0.2) is 0 Å². The van der Waals surface area contributed by atoms with Gasteiger partial charge in [-0.3, -0.25) is 14.9 Å². The second kappa shape index (κ2) is 8.42. The number of aryl methyl sites for hydroxylation is 1. The molecule has 0 saturated carbocycles. The summed E-state index contributed by atoms with van der Waals surface area (Å²) in [5.41, 5.74) is 5.12. The minimum Gasteiger partial charge on any atom is -0.465 e. The zero-order valence-corrected chi connectivity index (χ0v) is 17.1. The highest BCUT2D eigenvalue weighted by atomic mass is 16.5. The van der Waals surface area contributed by atoms with Gasteiger partial charge < -0.3 is 9.15 Å². The molecule has 0 N–H and O–H groups in total. The van der Waals surface area contributed by atoms with Crippen LogP contribution >= 0.6 is 0 Å². The number of aromatic nitrogens is 3. The summed E-state index contributed by atoms with van der Waals surface area (Å²) in [5.74, 6) is 0.943. The molecule has 2 aromatic carbocycles. The van der Waals surface area contributed by atoms with Gasteiger partial charge >= 0.3 is 5.97 Å². The van der Waals surface area contributed by atoms with Crippen LogP contribution in [0.1, 0.15) is 27.4 Å². The fourth-order valence-electron chi connectivity index (χ4n) is 3.30. The Morgan fingerprint density at radius 3 is 2.50 bits per heavy atom. The summed E-state index contributed by atoms with van der Waals surface area (Å²) in [6.07, 6.45) is 3.40. The van der Waals surface area contributed by atoms with Gasteiger partial charge in [0.05, 0.1) is 29.4 Å². The molecule has 30 heavy (non-hydrogen) atoms. The van der Waals surface area contributed by atoms with E-state index >= 15 is 0 Å². The van der Waals surface area contributed by atoms with E-state index in [2.05, 4.69) is 32.0 Å². The molecule has 4 rings (SSSR count). The third-order valence-corrected chi connectivity index (χ3v) is 4.85. The first kappa shape index (κ1) is 19.7. The van der Waals surface area contributed by atoms with E-state index < -0.39 is 0 Å². The van der Waals surface area contributed by atoms with E-state index in [9.17, 15) is 4.79 Å². The van der Waals surface area contributed by atoms with Crippen molar-refractivity contribution in [2.24, 2.45) is 0 Å². The SMILES string of the molecule is COC(=O)c1ccc(-c2nc(CN(C)Cc3ccc4nccnc4c3)c(C)o2)cc1. The molecular formula is C23H22N4O3. The maximum atomic E-state index is 11.6. The molecule has 0 bridgehead atoms. The van der Waals surface area contributed by atoms with Crippen LogP contribution in [0.3, 0.4) is 0 Å². The second-order valence-electron chi connectivity index (χ2n) is 7.14. The van der Waals surface area contributed by atoms with Crippen molar-refractivity contribution in [3.8, 4) is 11.5 Å². The molecule has 0 unspecified atom stereocenters. The summed E-state index contributed by atoms with van der Waals surface area (Å²) < 4.78 is 10.6. The first-order chi connectivity index (χ1) is 14.5. The van der Waals surface area contributed by atoms with Crippen LogP contribution in [-0.4, -0.2) is 40.0 Å². The Hall–Kier alpha value is -3.58. The number of nitrogens with zero attached hydrogens (tertiary/aromatic N) is 4. The Morgan fingerprint density at radius 2 is 1.77 bits per heavy atom. The zero-order valence-electron chi connectivity index (χ0n) is 17.1. The molecule has 0 fully saturated rings. The highest BCUT2D eigenvalue weighted by Gasteiger charge is 2.14. The highest BCUT2D eigenvalue weighted by Crippen LogP contribution is 2.23. The average Bonchev–Trinajstić information content (AvgIpc) is 3.13. The lowest BCUT2D eigenvalue weighted by atomic mass is 10.1. The Morgan fingerprint density at radius 1 is 1.03 bits per heavy atom. The Kier molecular flexibility index (Phi) is 5.54. The molecule has 0 aliphatic rings. The standard InChI is InChI=1S/C23H22N4O3/c1-15-21(26-22(30-15)17-5-7-18(8-6-17)23(28)29-3)14-27(2)13-16-4-9-19-20(12-16)25-11-10-24-19/h4-12H,13-14H2,1-3H3. The van der Waals surface area contributed by atoms with E-state index in [1.165, 1.54) is 7.11 Å². The van der Waals surface area contributed by atoms with E-state index in [0.29, 0.717) is 18.0 Å². The number of benzene rings is 2. The summed E-state index contributed by atoms with van der Waals surface area (Å²) in [6.45, 7) is 3.31. The molecule has 0 aliphatic carbocycles. The number of hydrogen-bond donors (Lipinski definition) is 0. The minimum atomic E-state index is -0.368. The Bertz CT molecular complexity index is 1180. The summed E-state index contributed by atoms with van der Waals surface area (Å²) in [4.78, 5) is 27.1. The van der Waals surface area contributed by atoms with Crippen LogP contribution in [0.5, 0.6) is 0 Å². The number of fused-ring (bicyclic) bond motifs is 1. The largest absolute Gasteiger partial charge is 0.465 e. The summed E-state index contributed by atoms with van der Waals surface area (Å²) >= 11 is 0. The summed E-state index contributed by atoms with van der Waals surface area (Å²) in [6, 6.07) is 13.1. The third-order valence-electron chi connectivity index (χ3n) is 4.85. The van der Waals surface area contributed by atoms with Crippen molar-refractivity contribution < 1.29 is 13.9 Å². The average molecular weight is 402 g/mol. The van der Waals surface area contributed by atoms with E-state index in [4.69, 9.17) is 9.15 Å². The molecule has 7 heteroatoms. The molecule has 152 valence electrons. The topological polar surface area (TPSA) is 81.4 Å². The van der Waals surface area contributed by atoms with E-state index in [-0.39, 0.29) is 5.97 Å². The molecule has 0 atom stereocenters. The first-order valence-corrected chi connectivity index (χ1v) is 9.57. The van der Waals surface area contributed by atoms with E-state index in [0.717, 1.165) is 40.2 Å². The van der Waals surface area contributed by atoms with Crippen LogP contribution in [0.25, 0.3) is 22.5 Å². The van der Waals surface area contributed by atoms with Crippen LogP contribution in [0, 0.1) is 6.92 Å². The number of carbonyl (C=O) groups is 1. The smallest absolute Gasteiger partial charge is 0.337 e. The van der Waals surface area contributed by atoms with Crippen molar-refractivity contribution in [3.63, 3.8) is 0 Å². The number of carbonyl (C=O) groups excluding carboxylic acids is 1. The Labute approximate surface area is 174 Å². The van der Waals surface area contributed by atoms with E-state index in [1.807, 2.05) is 20.0 Å². The monoisotopic (exact) mass is 402 g/mol. The maximum absolute atomic E-state index is 11.6. The number of oxazole rings is 1. The molecule has 2 heterocycles. The van der Waals surface area contributed by atoms with Gasteiger partial charge in [0, 0.05) is 31.0 Å². The lowest BCUT2D eigenvalue weighted by Gasteiger charge is -2.15. The molecule has 0 amide bonds. The van der Waals surface area contributed by atoms with Gasteiger partial charge in [-0.25, -0.2) is 9.78 Å². The van der Waals surface area contributed by atoms with Gasteiger partial charge in [-0.05, 0) is 55.9 Å². The molecule has 0 aliphatic heterocycles. The van der Waals surface area contributed by atoms with Crippen LogP contribution in [0.2, 0.25) is 0 Å². The van der Waals surface area contributed by atoms with Gasteiger partial charge in [0.25, 0.3) is 0 Å². The van der Waals surface area contributed by atoms with Gasteiger partial charge in [-0.15, -0.1) is 0 Å². The lowest BCUT2D eigenvalue weighted by Crippen LogP contribution is -2.18. The van der Waals surface area contributed by atoms with Crippen molar-refractivity contribution in [3.05, 3.63) is 77.4 Å². The van der Waals surface area contributed by atoms with Crippen molar-refractivity contribution in [2.75, 3.05) is 14.2 Å². The van der Waals surface area contributed by atoms with Gasteiger partial charge in [-0.2, -0.15) is 0 Å². The van der Waals surface area contributed by atoms with Gasteiger partial charge in [0.1, 0.15) is 5.76 Å². The molecule has 0 saturated heterocycles. The lowest BCUT2D eigenvalue weighted by molar-refractivity contribution is 0.0600. The van der Waals surface area contributed by atoms with Gasteiger partial charge in [0.2, 0.25) is 5.89 Å². The summed E-state index contributed by atoms with van der Waals surface area (Å²) in [5, 5.41) is 0. The zero-order chi connectivity index (χ0) is 21.1. The quantitative estimate of drug-likeness (QED) is 0.451. The fourth-order valence-corrected chi connectivity index (χ4v) is 3.30. The van der Waals surface area contributed by atoms with Crippen LogP contribution < -0.4 is 0 Å². The van der Waals surface area contributed by atoms with Crippen molar-refractivity contribution in [2.45, 2.75) is 20.0 Å². The number of methoxy groups -OCH3 is 1. The normalized spacial score (nSPS) is 11.2. The van der Waals surface area contributed by atoms with Crippen molar-refractivity contribution in [1.82, 2.24) is 19.9 Å². The van der Waals surface area contributed by atoms with Crippen LogP contribution in [0.4, 0.5) is 0 Å². The predicted molar refractivity (Wildman–Crippen MR) is 113 cm³/mol. The maximum Gasteiger partial charge on any atom is 0.337 e. The number of rotatable bonds is 6. The molecule has 0 radical (unpaired) electrons. The minimum absolute atomic E-state index is 0.368. The predicted octanol–water partition coefficient (Wildman–Crippen LogP) is 4.01. The van der Waals surface area contributed by atoms with Crippen LogP contribution in [0.15, 0.2) is 59.3 Å². The second-order valence-corrected chi connectivity index (χ2v) is 7.14. The summed E-state index contributed by atoms with van der Waals surface area (Å²) in [7, 11) is 3.40. The number of ether oxygens (including phenoxy) is 1. The first-order valence-electron chi connectivity index (χ1n) is 9.57. The fraction of sp³-hybridized carbons (Fsp3) is 0.217. The molecular weight excluding hydrogens is 380 g/mol. The Balaban J connectivity index is 1.46. The molecule has 7 nitrogen and oxygen atoms in total. The van der Waals surface area contributed by atoms with E-state index in [1.54, 1.807) is 36.7 Å². The highest BCUT2D eigenvalue weighted by molar-refractivity contribution is 5.89. The number of esters is 1. The van der Waals surface area contributed by atoms with Gasteiger partial charge in [-0.1, -0.05) is 6.07 Å². The van der Waals surface area contributed by atoms with Crippen molar-refractivity contribution >= 4 is 17.0 Å². The number of hydrogen-bond acceptors (Lipinski definition) is 7. The molecule has 2 aromatic heterocycles. The molecule has 4 aromatic rings.